The first kappa shape index (κ1) is 46.5. The fourth-order valence-corrected chi connectivity index (χ4v) is 8.80. The summed E-state index contributed by atoms with van der Waals surface area (Å²) in [4.78, 5) is 61.7. The lowest BCUT2D eigenvalue weighted by Gasteiger charge is -2.46. The number of ether oxygens (including phenoxy) is 3. The predicted octanol–water partition coefficient (Wildman–Crippen LogP) is 6.25. The summed E-state index contributed by atoms with van der Waals surface area (Å²) in [6, 6.07) is 18.6. The molecule has 0 radical (unpaired) electrons. The molecule has 4 heterocycles. The molecule has 7 rings (SSSR count). The van der Waals surface area contributed by atoms with Crippen LogP contribution in [-0.2, 0) is 22.7 Å². The average Bonchev–Trinajstić information content (AvgIpc) is 3.30. The van der Waals surface area contributed by atoms with Crippen LogP contribution in [0.4, 0.5) is 20.3 Å². The van der Waals surface area contributed by atoms with Crippen LogP contribution in [0, 0.1) is 10.8 Å². The molecule has 65 heavy (non-hydrogen) atoms. The van der Waals surface area contributed by atoms with E-state index in [4.69, 9.17) is 19.6 Å². The standard InChI is InChI=1S/C48H56F2N8O7/c1-6-64-40-23-32(9-14-39(40)63-5)27-55(4)45(61)37-25-42(53-26-33(37)29-59)58-21-19-57(20-22-58)41-16-18-56(30-48(41,49)50)28-31-7-10-34(11-8-31)65-35-12-13-36(38(24-35)52-3)44(51)47(2)17-15-43(60)54-46(47)62/h7-14,23-26,29,41,51-52H,6,15-22,27-28,30H2,1-5H3,(H,54,60,62). The molecule has 0 spiro atoms. The number of piperazine rings is 1. The fourth-order valence-electron chi connectivity index (χ4n) is 8.80. The van der Waals surface area contributed by atoms with Crippen molar-refractivity contribution >= 4 is 41.2 Å². The number of nitrogens with zero attached hydrogens (tertiary/aromatic N) is 5. The molecule has 3 aromatic carbocycles. The number of methoxy groups -OCH3 is 1. The fraction of sp³-hybridized carbons (Fsp3) is 0.417. The molecule has 4 aromatic rings. The van der Waals surface area contributed by atoms with E-state index in [-0.39, 0.29) is 54.6 Å². The Morgan fingerprint density at radius 3 is 2.37 bits per heavy atom. The summed E-state index contributed by atoms with van der Waals surface area (Å²) in [6.07, 6.45) is 2.71. The Morgan fingerprint density at radius 1 is 0.985 bits per heavy atom. The first-order chi connectivity index (χ1) is 31.2. The number of likely N-dealkylation sites (tertiary alicyclic amines) is 1. The third-order valence-corrected chi connectivity index (χ3v) is 12.5. The number of carbonyl (C=O) groups excluding carboxylic acids is 4. The number of aromatic nitrogens is 1. The summed E-state index contributed by atoms with van der Waals surface area (Å²) in [5.41, 5.74) is 2.13. The molecule has 0 aliphatic carbocycles. The number of hydrogen-bond acceptors (Lipinski definition) is 13. The Labute approximate surface area is 377 Å². The maximum atomic E-state index is 15.9. The quantitative estimate of drug-likeness (QED) is 0.0658. The first-order valence-corrected chi connectivity index (χ1v) is 21.8. The highest BCUT2D eigenvalue weighted by Crippen LogP contribution is 2.37. The number of imide groups is 1. The van der Waals surface area contributed by atoms with Crippen molar-refractivity contribution in [2.75, 3.05) is 77.3 Å². The molecular weight excluding hydrogens is 839 g/mol. The van der Waals surface area contributed by atoms with Crippen LogP contribution < -0.4 is 29.7 Å². The van der Waals surface area contributed by atoms with Crippen molar-refractivity contribution in [3.05, 3.63) is 101 Å². The van der Waals surface area contributed by atoms with Crippen LogP contribution in [0.25, 0.3) is 0 Å². The van der Waals surface area contributed by atoms with Crippen LogP contribution in [0.5, 0.6) is 23.0 Å². The summed E-state index contributed by atoms with van der Waals surface area (Å²) in [7, 11) is 4.93. The van der Waals surface area contributed by atoms with Crippen molar-refractivity contribution in [1.29, 1.82) is 5.41 Å². The Morgan fingerprint density at radius 2 is 1.71 bits per heavy atom. The van der Waals surface area contributed by atoms with E-state index in [1.807, 2.05) is 41.0 Å². The van der Waals surface area contributed by atoms with E-state index in [9.17, 15) is 19.2 Å². The molecule has 1 aromatic heterocycles. The molecule has 3 amide bonds. The largest absolute Gasteiger partial charge is 0.493 e. The third-order valence-electron chi connectivity index (χ3n) is 12.5. The predicted molar refractivity (Wildman–Crippen MR) is 242 cm³/mol. The highest BCUT2D eigenvalue weighted by Gasteiger charge is 2.48. The molecule has 344 valence electrons. The molecule has 0 saturated carbocycles. The van der Waals surface area contributed by atoms with Crippen LogP contribution in [0.15, 0.2) is 72.9 Å². The number of alkyl halides is 2. The number of hydrogen-bond donors (Lipinski definition) is 3. The number of benzene rings is 3. The van der Waals surface area contributed by atoms with Gasteiger partial charge in [0.1, 0.15) is 17.3 Å². The molecule has 17 heteroatoms. The van der Waals surface area contributed by atoms with E-state index in [0.29, 0.717) is 98.6 Å². The lowest BCUT2D eigenvalue weighted by atomic mass is 9.74. The third kappa shape index (κ3) is 10.3. The molecule has 2 unspecified atom stereocenters. The summed E-state index contributed by atoms with van der Waals surface area (Å²) >= 11 is 0. The van der Waals surface area contributed by atoms with Gasteiger partial charge in [0, 0.05) is 95.4 Å². The topological polar surface area (TPSA) is 170 Å². The van der Waals surface area contributed by atoms with Crippen molar-refractivity contribution in [1.82, 2.24) is 25.0 Å². The Kier molecular flexibility index (Phi) is 14.1. The van der Waals surface area contributed by atoms with Crippen LogP contribution >= 0.6 is 0 Å². The molecule has 3 fully saturated rings. The van der Waals surface area contributed by atoms with Gasteiger partial charge in [-0.3, -0.25) is 34.3 Å². The van der Waals surface area contributed by atoms with Gasteiger partial charge in [-0.05, 0) is 80.3 Å². The number of carbonyl (C=O) groups is 4. The maximum absolute atomic E-state index is 15.9. The van der Waals surface area contributed by atoms with Gasteiger partial charge in [-0.2, -0.15) is 0 Å². The second kappa shape index (κ2) is 19.7. The molecule has 3 saturated heterocycles. The van der Waals surface area contributed by atoms with Gasteiger partial charge in [-0.15, -0.1) is 0 Å². The van der Waals surface area contributed by atoms with E-state index < -0.39 is 23.3 Å². The van der Waals surface area contributed by atoms with Gasteiger partial charge in [0.15, 0.2) is 17.8 Å². The maximum Gasteiger partial charge on any atom is 0.275 e. The van der Waals surface area contributed by atoms with Crippen LogP contribution in [0.1, 0.15) is 70.5 Å². The van der Waals surface area contributed by atoms with Crippen LogP contribution in [-0.4, -0.2) is 128 Å². The first-order valence-electron chi connectivity index (χ1n) is 21.8. The second-order valence-corrected chi connectivity index (χ2v) is 16.9. The Bertz CT molecular complexity index is 2430. The molecule has 3 N–H and O–H groups in total. The Balaban J connectivity index is 0.913. The number of anilines is 2. The highest BCUT2D eigenvalue weighted by molar-refractivity contribution is 6.20. The number of amides is 3. The van der Waals surface area contributed by atoms with Crippen molar-refractivity contribution in [3.8, 4) is 23.0 Å². The minimum Gasteiger partial charge on any atom is -0.493 e. The summed E-state index contributed by atoms with van der Waals surface area (Å²) in [5.74, 6) is -1.42. The normalized spacial score (nSPS) is 20.1. The average molecular weight is 895 g/mol. The van der Waals surface area contributed by atoms with Crippen molar-refractivity contribution < 1.29 is 42.2 Å². The van der Waals surface area contributed by atoms with E-state index in [1.165, 1.54) is 11.1 Å². The van der Waals surface area contributed by atoms with Crippen molar-refractivity contribution in [2.24, 2.45) is 5.41 Å². The van der Waals surface area contributed by atoms with Crippen LogP contribution in [0.3, 0.4) is 0 Å². The van der Waals surface area contributed by atoms with E-state index in [1.54, 1.807) is 75.5 Å². The number of piperidine rings is 2. The summed E-state index contributed by atoms with van der Waals surface area (Å²) in [6.45, 7) is 6.36. The number of pyridine rings is 1. The molecular formula is C48H56F2N8O7. The van der Waals surface area contributed by atoms with Crippen LogP contribution in [0.2, 0.25) is 0 Å². The van der Waals surface area contributed by atoms with Gasteiger partial charge >= 0.3 is 0 Å². The minimum absolute atomic E-state index is 0.102. The molecule has 0 bridgehead atoms. The summed E-state index contributed by atoms with van der Waals surface area (Å²) in [5, 5.41) is 14.3. The zero-order valence-electron chi connectivity index (χ0n) is 37.4. The van der Waals surface area contributed by atoms with E-state index in [0.717, 1.165) is 11.1 Å². The van der Waals surface area contributed by atoms with Gasteiger partial charge in [-0.25, -0.2) is 13.8 Å². The number of halogens is 2. The monoisotopic (exact) mass is 894 g/mol. The van der Waals surface area contributed by atoms with Crippen molar-refractivity contribution in [3.63, 3.8) is 0 Å². The van der Waals surface area contributed by atoms with E-state index >= 15 is 8.78 Å². The van der Waals surface area contributed by atoms with Gasteiger partial charge in [0.25, 0.3) is 11.8 Å². The number of aldehydes is 1. The highest BCUT2D eigenvalue weighted by atomic mass is 19.3. The molecule has 15 nitrogen and oxygen atoms in total. The van der Waals surface area contributed by atoms with Gasteiger partial charge < -0.3 is 34.7 Å². The summed E-state index contributed by atoms with van der Waals surface area (Å²) < 4.78 is 49.0. The zero-order chi connectivity index (χ0) is 46.5. The SMILES string of the molecule is CCOc1cc(CN(C)C(=O)c2cc(N3CCN(C4CCN(Cc5ccc(Oc6ccc(C(=N)C7(C)CCC(=O)NC7=O)c(NC)c6)cc5)CC4(F)F)CC3)ncc2C=O)ccc1OC. The smallest absolute Gasteiger partial charge is 0.275 e. The number of nitrogens with one attached hydrogen (secondary N) is 3. The second-order valence-electron chi connectivity index (χ2n) is 16.9. The molecule has 3 aliphatic rings. The minimum atomic E-state index is -2.95. The van der Waals surface area contributed by atoms with Gasteiger partial charge in [0.2, 0.25) is 11.8 Å². The Hall–Kier alpha value is -6.46. The molecule has 2 atom stereocenters. The lowest BCUT2D eigenvalue weighted by molar-refractivity contribution is -0.138. The van der Waals surface area contributed by atoms with E-state index in [2.05, 4.69) is 15.6 Å². The molecule has 3 aliphatic heterocycles. The van der Waals surface area contributed by atoms with Gasteiger partial charge in [-0.1, -0.05) is 18.2 Å². The van der Waals surface area contributed by atoms with Crippen molar-refractivity contribution in [2.45, 2.75) is 58.2 Å². The van der Waals surface area contributed by atoms with Gasteiger partial charge in [0.05, 0.1) is 43.0 Å². The number of rotatable bonds is 16. The lowest BCUT2D eigenvalue weighted by Crippen LogP contribution is -2.61. The zero-order valence-corrected chi connectivity index (χ0v) is 37.4.